The van der Waals surface area contributed by atoms with Crippen LogP contribution >= 0.6 is 0 Å². The van der Waals surface area contributed by atoms with E-state index in [9.17, 15) is 14.7 Å². The van der Waals surface area contributed by atoms with Crippen molar-refractivity contribution in [3.05, 3.63) is 65.2 Å². The highest BCUT2D eigenvalue weighted by Crippen LogP contribution is 2.40. The number of benzene rings is 2. The molecule has 2 aromatic carbocycles. The van der Waals surface area contributed by atoms with Gasteiger partial charge in [-0.1, -0.05) is 25.5 Å². The Morgan fingerprint density at radius 2 is 1.68 bits per heavy atom. The first-order valence-corrected chi connectivity index (χ1v) is 10.7. The fourth-order valence-corrected chi connectivity index (χ4v) is 3.77. The zero-order valence-electron chi connectivity index (χ0n) is 18.6. The van der Waals surface area contributed by atoms with Gasteiger partial charge in [-0.15, -0.1) is 0 Å². The molecule has 31 heavy (non-hydrogen) atoms. The summed E-state index contributed by atoms with van der Waals surface area (Å²) in [6.45, 7) is 4.93. The average molecular weight is 423 g/mol. The first-order valence-electron chi connectivity index (χ1n) is 10.7. The fraction of sp³-hybridized carbons (Fsp3) is 0.360. The summed E-state index contributed by atoms with van der Waals surface area (Å²) >= 11 is 0. The van der Waals surface area contributed by atoms with E-state index in [1.165, 1.54) is 0 Å². The summed E-state index contributed by atoms with van der Waals surface area (Å²) in [7, 11) is 3.91. The number of amides is 1. The molecule has 6 nitrogen and oxygen atoms in total. The third kappa shape index (κ3) is 4.58. The van der Waals surface area contributed by atoms with Gasteiger partial charge in [-0.3, -0.25) is 9.59 Å². The summed E-state index contributed by atoms with van der Waals surface area (Å²) < 4.78 is 5.46. The number of likely N-dealkylation sites (tertiary alicyclic amines) is 1. The lowest BCUT2D eigenvalue weighted by Crippen LogP contribution is -2.30. The van der Waals surface area contributed by atoms with Crippen molar-refractivity contribution in [2.75, 3.05) is 32.1 Å². The Bertz CT molecular complexity index is 962. The molecule has 0 saturated carbocycles. The average Bonchev–Trinajstić information content (AvgIpc) is 3.02. The number of unbranched alkanes of at least 4 members (excludes halogenated alkanes) is 1. The van der Waals surface area contributed by atoms with Gasteiger partial charge in [0.2, 0.25) is 0 Å². The number of hydrogen-bond acceptors (Lipinski definition) is 5. The molecule has 1 fully saturated rings. The topological polar surface area (TPSA) is 70.1 Å². The van der Waals surface area contributed by atoms with Crippen LogP contribution in [0.15, 0.2) is 54.1 Å². The molecule has 1 N–H and O–H groups in total. The molecule has 1 heterocycles. The summed E-state index contributed by atoms with van der Waals surface area (Å²) in [5, 5.41) is 11.1. The first kappa shape index (κ1) is 22.4. The number of carbonyl (C=O) groups is 2. The number of nitrogens with zero attached hydrogens (tertiary/aromatic N) is 2. The number of ketones is 1. The molecule has 1 saturated heterocycles. The fourth-order valence-electron chi connectivity index (χ4n) is 3.77. The van der Waals surface area contributed by atoms with Crippen LogP contribution in [0.4, 0.5) is 5.69 Å². The SMILES string of the molecule is CCCCN1C(=O)C(=O)/C(=C(\O)c2ccc(OCC)cc2)C1c1ccc(N(C)C)cc1. The van der Waals surface area contributed by atoms with Crippen molar-refractivity contribution in [3.8, 4) is 5.75 Å². The van der Waals surface area contributed by atoms with Crippen molar-refractivity contribution in [2.24, 2.45) is 0 Å². The van der Waals surface area contributed by atoms with Gasteiger partial charge in [0.25, 0.3) is 11.7 Å². The lowest BCUT2D eigenvalue weighted by molar-refractivity contribution is -0.139. The van der Waals surface area contributed by atoms with Crippen LogP contribution in [0.1, 0.15) is 43.9 Å². The molecule has 2 aromatic rings. The number of ether oxygens (including phenoxy) is 1. The van der Waals surface area contributed by atoms with Crippen LogP contribution < -0.4 is 9.64 Å². The second kappa shape index (κ2) is 9.69. The maximum Gasteiger partial charge on any atom is 0.295 e. The zero-order valence-corrected chi connectivity index (χ0v) is 18.6. The highest BCUT2D eigenvalue weighted by molar-refractivity contribution is 6.46. The molecule has 1 unspecified atom stereocenters. The minimum atomic E-state index is -0.649. The van der Waals surface area contributed by atoms with E-state index in [4.69, 9.17) is 4.74 Å². The standard InChI is InChI=1S/C25H30N2O4/c1-5-7-16-27-22(17-8-12-19(13-9-17)26(3)4)21(24(29)25(27)30)23(28)18-10-14-20(15-11-18)31-6-2/h8-15,22,28H,5-7,16H2,1-4H3/b23-21-. The number of Topliss-reactive ketones (excluding diaryl/α,β-unsaturated/α-hetero) is 1. The predicted octanol–water partition coefficient (Wildman–Crippen LogP) is 4.37. The van der Waals surface area contributed by atoms with Crippen LogP contribution in [0, 0.1) is 0 Å². The van der Waals surface area contributed by atoms with E-state index in [0.29, 0.717) is 24.5 Å². The Hall–Kier alpha value is -3.28. The monoisotopic (exact) mass is 422 g/mol. The molecule has 0 aliphatic carbocycles. The van der Waals surface area contributed by atoms with Gasteiger partial charge in [0.1, 0.15) is 11.5 Å². The maximum atomic E-state index is 13.0. The first-order chi connectivity index (χ1) is 14.9. The summed E-state index contributed by atoms with van der Waals surface area (Å²) in [6.07, 6.45) is 1.68. The van der Waals surface area contributed by atoms with Gasteiger partial charge >= 0.3 is 0 Å². The minimum absolute atomic E-state index is 0.128. The van der Waals surface area contributed by atoms with Crippen LogP contribution in [-0.2, 0) is 9.59 Å². The van der Waals surface area contributed by atoms with Crippen molar-refractivity contribution in [1.29, 1.82) is 0 Å². The van der Waals surface area contributed by atoms with Gasteiger partial charge in [-0.05, 0) is 55.3 Å². The Kier molecular flexibility index (Phi) is 7.00. The highest BCUT2D eigenvalue weighted by Gasteiger charge is 2.45. The van der Waals surface area contributed by atoms with Crippen molar-refractivity contribution in [3.63, 3.8) is 0 Å². The van der Waals surface area contributed by atoms with Crippen molar-refractivity contribution >= 4 is 23.1 Å². The Morgan fingerprint density at radius 3 is 2.23 bits per heavy atom. The molecule has 0 radical (unpaired) electrons. The molecule has 0 bridgehead atoms. The van der Waals surface area contributed by atoms with Crippen LogP contribution in [-0.4, -0.2) is 48.9 Å². The molecule has 0 spiro atoms. The van der Waals surface area contributed by atoms with E-state index < -0.39 is 17.7 Å². The van der Waals surface area contributed by atoms with E-state index in [1.54, 1.807) is 29.2 Å². The highest BCUT2D eigenvalue weighted by atomic mass is 16.5. The third-order valence-electron chi connectivity index (χ3n) is 5.46. The molecule has 0 aromatic heterocycles. The molecule has 1 amide bonds. The van der Waals surface area contributed by atoms with Crippen LogP contribution in [0.3, 0.4) is 0 Å². The number of aliphatic hydroxyl groups is 1. The van der Waals surface area contributed by atoms with E-state index in [0.717, 1.165) is 24.1 Å². The van der Waals surface area contributed by atoms with E-state index in [1.807, 2.05) is 57.1 Å². The van der Waals surface area contributed by atoms with Crippen molar-refractivity contribution < 1.29 is 19.4 Å². The lowest BCUT2D eigenvalue weighted by atomic mass is 9.95. The molecule has 1 atom stereocenters. The van der Waals surface area contributed by atoms with Gasteiger partial charge < -0.3 is 19.6 Å². The Morgan fingerprint density at radius 1 is 1.03 bits per heavy atom. The maximum absolute atomic E-state index is 13.0. The van der Waals surface area contributed by atoms with Crippen molar-refractivity contribution in [2.45, 2.75) is 32.7 Å². The smallest absolute Gasteiger partial charge is 0.295 e. The second-order valence-electron chi connectivity index (χ2n) is 7.79. The molecule has 3 rings (SSSR count). The molecular formula is C25H30N2O4. The Balaban J connectivity index is 2.08. The Labute approximate surface area is 183 Å². The summed E-state index contributed by atoms with van der Waals surface area (Å²) in [5.74, 6) is -0.702. The lowest BCUT2D eigenvalue weighted by Gasteiger charge is -2.25. The number of anilines is 1. The number of aliphatic hydroxyl groups excluding tert-OH is 1. The van der Waals surface area contributed by atoms with Gasteiger partial charge in [-0.2, -0.15) is 0 Å². The van der Waals surface area contributed by atoms with E-state index in [-0.39, 0.29) is 11.3 Å². The van der Waals surface area contributed by atoms with Crippen LogP contribution in [0.2, 0.25) is 0 Å². The van der Waals surface area contributed by atoms with E-state index >= 15 is 0 Å². The van der Waals surface area contributed by atoms with E-state index in [2.05, 4.69) is 0 Å². The van der Waals surface area contributed by atoms with Crippen molar-refractivity contribution in [1.82, 2.24) is 4.90 Å². The minimum Gasteiger partial charge on any atom is -0.507 e. The molecular weight excluding hydrogens is 392 g/mol. The summed E-state index contributed by atoms with van der Waals surface area (Å²) in [5.41, 5.74) is 2.42. The van der Waals surface area contributed by atoms with Crippen LogP contribution in [0.5, 0.6) is 5.75 Å². The largest absolute Gasteiger partial charge is 0.507 e. The number of hydrogen-bond donors (Lipinski definition) is 1. The number of carbonyl (C=O) groups excluding carboxylic acids is 2. The normalized spacial score (nSPS) is 17.8. The van der Waals surface area contributed by atoms with Gasteiger partial charge in [0.05, 0.1) is 18.2 Å². The molecule has 1 aliphatic rings. The summed E-state index contributed by atoms with van der Waals surface area (Å²) in [4.78, 5) is 29.4. The molecule has 164 valence electrons. The number of rotatable bonds is 8. The summed E-state index contributed by atoms with van der Waals surface area (Å²) in [6, 6.07) is 14.0. The third-order valence-corrected chi connectivity index (χ3v) is 5.46. The van der Waals surface area contributed by atoms with Gasteiger partial charge in [0, 0.05) is 31.9 Å². The molecule has 1 aliphatic heterocycles. The van der Waals surface area contributed by atoms with Crippen LogP contribution in [0.25, 0.3) is 5.76 Å². The quantitative estimate of drug-likeness (QED) is 0.389. The van der Waals surface area contributed by atoms with Gasteiger partial charge in [0.15, 0.2) is 0 Å². The van der Waals surface area contributed by atoms with Gasteiger partial charge in [-0.25, -0.2) is 0 Å². The second-order valence-corrected chi connectivity index (χ2v) is 7.79. The zero-order chi connectivity index (χ0) is 22.5. The predicted molar refractivity (Wildman–Crippen MR) is 122 cm³/mol. The molecule has 6 heteroatoms.